The van der Waals surface area contributed by atoms with Gasteiger partial charge in [-0.25, -0.2) is 13.6 Å². The molecule has 1 aromatic heterocycles. The largest absolute Gasteiger partial charge is 0.473 e. The van der Waals surface area contributed by atoms with E-state index in [0.29, 0.717) is 38.2 Å². The molecule has 0 amide bonds. The first-order chi connectivity index (χ1) is 17.0. The Hall–Kier alpha value is -3.38. The number of alkyl halides is 3. The van der Waals surface area contributed by atoms with Crippen LogP contribution in [-0.4, -0.2) is 35.9 Å². The van der Waals surface area contributed by atoms with Crippen LogP contribution in [0.3, 0.4) is 0 Å². The molecule has 0 bridgehead atoms. The van der Waals surface area contributed by atoms with Gasteiger partial charge in [0, 0.05) is 26.2 Å². The molecule has 1 aliphatic heterocycles. The summed E-state index contributed by atoms with van der Waals surface area (Å²) in [5, 5.41) is -0.579. The lowest BCUT2D eigenvalue weighted by Crippen LogP contribution is -2.39. The van der Waals surface area contributed by atoms with Gasteiger partial charge in [-0.3, -0.25) is 4.57 Å². The molecule has 0 aliphatic carbocycles. The van der Waals surface area contributed by atoms with Gasteiger partial charge in [0.1, 0.15) is 18.2 Å². The number of rotatable bonds is 6. The first-order valence-corrected chi connectivity index (χ1v) is 11.0. The van der Waals surface area contributed by atoms with Gasteiger partial charge < -0.3 is 19.1 Å². The Morgan fingerprint density at radius 1 is 1.08 bits per heavy atom. The average molecular weight is 532 g/mol. The van der Waals surface area contributed by atoms with Crippen molar-refractivity contribution >= 4 is 17.4 Å². The maximum atomic E-state index is 14.6. The third-order valence-corrected chi connectivity index (χ3v) is 5.66. The molecule has 2 aromatic carbocycles. The smallest absolute Gasteiger partial charge is 0.417 e. The maximum Gasteiger partial charge on any atom is 0.417 e. The van der Waals surface area contributed by atoms with Gasteiger partial charge in [0.15, 0.2) is 17.4 Å². The van der Waals surface area contributed by atoms with E-state index in [2.05, 4.69) is 4.98 Å². The van der Waals surface area contributed by atoms with E-state index in [-0.39, 0.29) is 18.1 Å². The summed E-state index contributed by atoms with van der Waals surface area (Å²) in [6.45, 7) is 1.77. The Labute approximate surface area is 206 Å². The minimum Gasteiger partial charge on any atom is -0.473 e. The number of hydrogen-bond acceptors (Lipinski definition) is 6. The van der Waals surface area contributed by atoms with E-state index < -0.39 is 45.6 Å². The monoisotopic (exact) mass is 531 g/mol. The van der Waals surface area contributed by atoms with Crippen molar-refractivity contribution in [3.05, 3.63) is 74.7 Å². The topological polar surface area (TPSA) is 65.8 Å². The standard InChI is InChI=1S/C23H19ClF5N3O4/c1-31-20(32-4-6-34-7-5-32)11-19(30-22(31)33)35-12-13-8-17(25)21(18(26)9-13)36-14-2-3-16(24)15(10-14)23(27,28)29/h2-3,8-11H,4-7,12H2,1H3. The SMILES string of the molecule is Cn1c(N2CCOCC2)cc(OCc2cc(F)c(Oc3ccc(Cl)c(C(F)(F)F)c3)c(F)c2)nc1=O. The van der Waals surface area contributed by atoms with Crippen LogP contribution in [0.5, 0.6) is 17.4 Å². The van der Waals surface area contributed by atoms with Gasteiger partial charge in [-0.2, -0.15) is 18.2 Å². The lowest BCUT2D eigenvalue weighted by atomic mass is 10.2. The Morgan fingerprint density at radius 3 is 2.39 bits per heavy atom. The Bertz CT molecular complexity index is 1300. The fourth-order valence-electron chi connectivity index (χ4n) is 3.53. The molecular weight excluding hydrogens is 513 g/mol. The fourth-order valence-corrected chi connectivity index (χ4v) is 3.75. The molecule has 1 aliphatic rings. The molecule has 2 heterocycles. The molecule has 3 aromatic rings. The first-order valence-electron chi connectivity index (χ1n) is 10.6. The van der Waals surface area contributed by atoms with Crippen LogP contribution < -0.4 is 20.1 Å². The van der Waals surface area contributed by atoms with Crippen molar-refractivity contribution in [2.45, 2.75) is 12.8 Å². The van der Waals surface area contributed by atoms with Crippen molar-refractivity contribution in [1.29, 1.82) is 0 Å². The zero-order chi connectivity index (χ0) is 26.0. The lowest BCUT2D eigenvalue weighted by Gasteiger charge is -2.29. The van der Waals surface area contributed by atoms with Crippen LogP contribution in [0.15, 0.2) is 41.2 Å². The molecule has 13 heteroatoms. The van der Waals surface area contributed by atoms with Crippen LogP contribution in [0.4, 0.5) is 27.8 Å². The number of halogens is 6. The second-order valence-electron chi connectivity index (χ2n) is 7.81. The van der Waals surface area contributed by atoms with Gasteiger partial charge in [-0.1, -0.05) is 11.6 Å². The van der Waals surface area contributed by atoms with Crippen LogP contribution >= 0.6 is 11.6 Å². The normalized spacial score (nSPS) is 14.1. The minimum absolute atomic E-state index is 0.0402. The van der Waals surface area contributed by atoms with E-state index in [1.165, 1.54) is 10.6 Å². The highest BCUT2D eigenvalue weighted by molar-refractivity contribution is 6.31. The van der Waals surface area contributed by atoms with E-state index >= 15 is 0 Å². The van der Waals surface area contributed by atoms with E-state index in [1.54, 1.807) is 7.05 Å². The summed E-state index contributed by atoms with van der Waals surface area (Å²) in [6.07, 6.45) is -4.77. The summed E-state index contributed by atoms with van der Waals surface area (Å²) in [7, 11) is 1.56. The average Bonchev–Trinajstić information content (AvgIpc) is 2.83. The Kier molecular flexibility index (Phi) is 7.36. The van der Waals surface area contributed by atoms with Gasteiger partial charge in [0.05, 0.1) is 23.8 Å². The van der Waals surface area contributed by atoms with Gasteiger partial charge in [-0.15, -0.1) is 0 Å². The van der Waals surface area contributed by atoms with Crippen molar-refractivity contribution < 1.29 is 36.2 Å². The van der Waals surface area contributed by atoms with Crippen molar-refractivity contribution in [1.82, 2.24) is 9.55 Å². The van der Waals surface area contributed by atoms with Gasteiger partial charge in [0.25, 0.3) is 0 Å². The number of hydrogen-bond donors (Lipinski definition) is 0. The predicted octanol–water partition coefficient (Wildman–Crippen LogP) is 4.94. The highest BCUT2D eigenvalue weighted by Crippen LogP contribution is 2.38. The van der Waals surface area contributed by atoms with Crippen molar-refractivity contribution in [2.24, 2.45) is 7.05 Å². The molecule has 0 unspecified atom stereocenters. The molecule has 1 saturated heterocycles. The maximum absolute atomic E-state index is 14.6. The van der Waals surface area contributed by atoms with Crippen LogP contribution in [0.1, 0.15) is 11.1 Å². The second-order valence-corrected chi connectivity index (χ2v) is 8.22. The van der Waals surface area contributed by atoms with Crippen LogP contribution in [-0.2, 0) is 24.6 Å². The van der Waals surface area contributed by atoms with Gasteiger partial charge in [-0.05, 0) is 35.9 Å². The summed E-state index contributed by atoms with van der Waals surface area (Å²) < 4.78 is 85.5. The summed E-state index contributed by atoms with van der Waals surface area (Å²) in [6, 6.07) is 5.87. The Morgan fingerprint density at radius 2 is 1.75 bits per heavy atom. The number of anilines is 1. The molecule has 0 radical (unpaired) electrons. The van der Waals surface area contributed by atoms with Crippen molar-refractivity contribution in [3.8, 4) is 17.4 Å². The summed E-state index contributed by atoms with van der Waals surface area (Å²) in [4.78, 5) is 18.0. The highest BCUT2D eigenvalue weighted by Gasteiger charge is 2.33. The van der Waals surface area contributed by atoms with E-state index in [9.17, 15) is 26.7 Å². The molecule has 0 N–H and O–H groups in total. The van der Waals surface area contributed by atoms with E-state index in [0.717, 1.165) is 24.3 Å². The van der Waals surface area contributed by atoms with Gasteiger partial charge in [0.2, 0.25) is 5.88 Å². The summed E-state index contributed by atoms with van der Waals surface area (Å²) in [5.41, 5.74) is -1.73. The van der Waals surface area contributed by atoms with Gasteiger partial charge >= 0.3 is 11.9 Å². The molecule has 0 saturated carbocycles. The third kappa shape index (κ3) is 5.71. The summed E-state index contributed by atoms with van der Waals surface area (Å²) in [5.74, 6) is -3.16. The zero-order valence-corrected chi connectivity index (χ0v) is 19.5. The lowest BCUT2D eigenvalue weighted by molar-refractivity contribution is -0.137. The number of morpholine rings is 1. The number of benzene rings is 2. The molecule has 36 heavy (non-hydrogen) atoms. The molecule has 192 valence electrons. The molecule has 4 rings (SSSR count). The fraction of sp³-hybridized carbons (Fsp3) is 0.304. The molecule has 7 nitrogen and oxygen atoms in total. The molecule has 0 atom stereocenters. The Balaban J connectivity index is 1.51. The predicted molar refractivity (Wildman–Crippen MR) is 120 cm³/mol. The summed E-state index contributed by atoms with van der Waals surface area (Å²) >= 11 is 5.55. The number of nitrogens with zero attached hydrogens (tertiary/aromatic N) is 3. The first kappa shape index (κ1) is 25.7. The number of ether oxygens (including phenoxy) is 3. The highest BCUT2D eigenvalue weighted by atomic mass is 35.5. The molecule has 1 fully saturated rings. The van der Waals surface area contributed by atoms with Crippen LogP contribution in [0.25, 0.3) is 0 Å². The molecular formula is C23H19ClF5N3O4. The number of aromatic nitrogens is 2. The van der Waals surface area contributed by atoms with E-state index in [4.69, 9.17) is 25.8 Å². The van der Waals surface area contributed by atoms with Crippen molar-refractivity contribution in [2.75, 3.05) is 31.2 Å². The van der Waals surface area contributed by atoms with Crippen molar-refractivity contribution in [3.63, 3.8) is 0 Å². The zero-order valence-electron chi connectivity index (χ0n) is 18.7. The minimum atomic E-state index is -4.77. The van der Waals surface area contributed by atoms with E-state index in [1.807, 2.05) is 4.90 Å². The molecule has 0 spiro atoms. The second kappa shape index (κ2) is 10.3. The third-order valence-electron chi connectivity index (χ3n) is 5.33. The quantitative estimate of drug-likeness (QED) is 0.420. The van der Waals surface area contributed by atoms with Crippen LogP contribution in [0.2, 0.25) is 5.02 Å². The van der Waals surface area contributed by atoms with Crippen LogP contribution in [0, 0.1) is 11.6 Å².